The van der Waals surface area contributed by atoms with Crippen LogP contribution < -0.4 is 0 Å². The first-order valence-electron chi connectivity index (χ1n) is 5.27. The highest BCUT2D eigenvalue weighted by Gasteiger charge is 2.03. The first-order chi connectivity index (χ1) is 7.33. The fourth-order valence-corrected chi connectivity index (χ4v) is 2.97. The van der Waals surface area contributed by atoms with E-state index in [-0.39, 0.29) is 0 Å². The third-order valence-electron chi connectivity index (χ3n) is 2.39. The van der Waals surface area contributed by atoms with Gasteiger partial charge in [-0.3, -0.25) is 3.96 Å². The predicted molar refractivity (Wildman–Crippen MR) is 68.0 cm³/mol. The molecule has 0 aliphatic rings. The second kappa shape index (κ2) is 4.86. The quantitative estimate of drug-likeness (QED) is 0.591. The zero-order valence-electron chi connectivity index (χ0n) is 8.77. The molecule has 80 valence electrons. The Hall–Kier alpha value is -0.740. The van der Waals surface area contributed by atoms with Gasteiger partial charge in [-0.25, -0.2) is 4.98 Å². The van der Waals surface area contributed by atoms with Crippen LogP contribution in [0.2, 0.25) is 0 Å². The largest absolute Gasteiger partial charge is 0.286 e. The number of rotatable bonds is 4. The van der Waals surface area contributed by atoms with Gasteiger partial charge in [-0.1, -0.05) is 32.0 Å². The van der Waals surface area contributed by atoms with Gasteiger partial charge in [0.25, 0.3) is 0 Å². The highest BCUT2D eigenvalue weighted by molar-refractivity contribution is 7.71. The summed E-state index contributed by atoms with van der Waals surface area (Å²) in [5, 5.41) is 1.12. The number of hydrogen-bond donors (Lipinski definition) is 0. The Balaban J connectivity index is 2.28. The maximum atomic E-state index is 5.41. The standard InChI is InChI=1S/C11H14N2S2/c1-2-3-4-8-13-11(14)9-6-5-7-12-10(9)15-13/h5-7H,2-4,8H2,1H3. The van der Waals surface area contributed by atoms with Crippen molar-refractivity contribution >= 4 is 34.0 Å². The molecule has 0 atom stereocenters. The molecule has 2 heterocycles. The van der Waals surface area contributed by atoms with E-state index in [9.17, 15) is 0 Å². The van der Waals surface area contributed by atoms with E-state index in [1.54, 1.807) is 11.5 Å². The minimum Gasteiger partial charge on any atom is -0.286 e. The Morgan fingerprint density at radius 2 is 2.33 bits per heavy atom. The molecule has 0 amide bonds. The minimum atomic E-state index is 0.944. The van der Waals surface area contributed by atoms with E-state index >= 15 is 0 Å². The average Bonchev–Trinajstić information content (AvgIpc) is 2.57. The summed E-state index contributed by atoms with van der Waals surface area (Å²) >= 11 is 7.09. The average molecular weight is 238 g/mol. The molecule has 2 rings (SSSR count). The van der Waals surface area contributed by atoms with Gasteiger partial charge in [0.2, 0.25) is 0 Å². The summed E-state index contributed by atoms with van der Waals surface area (Å²) in [4.78, 5) is 5.38. The van der Waals surface area contributed by atoms with Crippen LogP contribution in [-0.4, -0.2) is 8.94 Å². The molecule has 0 radical (unpaired) electrons. The van der Waals surface area contributed by atoms with Crippen molar-refractivity contribution in [3.63, 3.8) is 0 Å². The number of aryl methyl sites for hydroxylation is 1. The first kappa shape index (κ1) is 10.8. The molecule has 4 heteroatoms. The SMILES string of the molecule is CCCCCn1sc2ncccc2c1=S. The van der Waals surface area contributed by atoms with Gasteiger partial charge in [-0.05, 0) is 30.1 Å². The minimum absolute atomic E-state index is 0.944. The molecule has 0 aliphatic carbocycles. The van der Waals surface area contributed by atoms with Crippen LogP contribution in [0.4, 0.5) is 0 Å². The molecule has 2 aromatic heterocycles. The van der Waals surface area contributed by atoms with Gasteiger partial charge in [0, 0.05) is 18.1 Å². The lowest BCUT2D eigenvalue weighted by Crippen LogP contribution is -1.92. The molecule has 0 bridgehead atoms. The summed E-state index contributed by atoms with van der Waals surface area (Å²) in [5.41, 5.74) is 0. The Kier molecular flexibility index (Phi) is 3.49. The zero-order valence-corrected chi connectivity index (χ0v) is 10.4. The van der Waals surface area contributed by atoms with Crippen LogP contribution in [0.5, 0.6) is 0 Å². The van der Waals surface area contributed by atoms with E-state index < -0.39 is 0 Å². The molecule has 0 aliphatic heterocycles. The van der Waals surface area contributed by atoms with E-state index in [2.05, 4.69) is 21.9 Å². The van der Waals surface area contributed by atoms with Crippen LogP contribution in [0.25, 0.3) is 10.2 Å². The Morgan fingerprint density at radius 1 is 1.47 bits per heavy atom. The monoisotopic (exact) mass is 238 g/mol. The lowest BCUT2D eigenvalue weighted by Gasteiger charge is -1.98. The predicted octanol–water partition coefficient (Wildman–Crippen LogP) is 4.02. The molecule has 0 spiro atoms. The van der Waals surface area contributed by atoms with Crippen molar-refractivity contribution in [3.05, 3.63) is 23.0 Å². The van der Waals surface area contributed by atoms with Gasteiger partial charge in [-0.15, -0.1) is 0 Å². The number of fused-ring (bicyclic) bond motifs is 1. The zero-order chi connectivity index (χ0) is 10.7. The van der Waals surface area contributed by atoms with E-state index in [4.69, 9.17) is 12.2 Å². The van der Waals surface area contributed by atoms with Crippen molar-refractivity contribution in [2.45, 2.75) is 32.7 Å². The lowest BCUT2D eigenvalue weighted by molar-refractivity contribution is 0.629. The number of unbranched alkanes of at least 4 members (excludes halogenated alkanes) is 2. The maximum Gasteiger partial charge on any atom is 0.142 e. The number of hydrogen-bond acceptors (Lipinski definition) is 3. The fourth-order valence-electron chi connectivity index (χ4n) is 1.56. The van der Waals surface area contributed by atoms with Crippen molar-refractivity contribution in [2.24, 2.45) is 0 Å². The topological polar surface area (TPSA) is 17.8 Å². The maximum absolute atomic E-state index is 5.41. The van der Waals surface area contributed by atoms with Gasteiger partial charge in [-0.2, -0.15) is 0 Å². The van der Waals surface area contributed by atoms with Gasteiger partial charge in [0.05, 0.1) is 0 Å². The van der Waals surface area contributed by atoms with Gasteiger partial charge >= 0.3 is 0 Å². The molecule has 0 saturated carbocycles. The van der Waals surface area contributed by atoms with Crippen molar-refractivity contribution < 1.29 is 0 Å². The summed E-state index contributed by atoms with van der Waals surface area (Å²) in [6.07, 6.45) is 5.54. The molecule has 0 N–H and O–H groups in total. The third kappa shape index (κ3) is 2.26. The number of aromatic nitrogens is 2. The van der Waals surface area contributed by atoms with Crippen LogP contribution >= 0.6 is 23.8 Å². The van der Waals surface area contributed by atoms with E-state index in [0.29, 0.717) is 0 Å². The first-order valence-corrected chi connectivity index (χ1v) is 6.46. The summed E-state index contributed by atoms with van der Waals surface area (Å²) in [6.45, 7) is 3.25. The molecule has 0 fully saturated rings. The van der Waals surface area contributed by atoms with Crippen LogP contribution in [0.1, 0.15) is 26.2 Å². The Bertz CT molecular complexity index is 499. The van der Waals surface area contributed by atoms with E-state index in [0.717, 1.165) is 21.4 Å². The van der Waals surface area contributed by atoms with Crippen LogP contribution in [-0.2, 0) is 6.54 Å². The molecule has 0 saturated heterocycles. The van der Waals surface area contributed by atoms with Gasteiger partial charge < -0.3 is 0 Å². The molecule has 2 aromatic rings. The molecule has 0 aromatic carbocycles. The lowest BCUT2D eigenvalue weighted by atomic mass is 10.2. The Labute approximate surface area is 98.7 Å². The normalized spacial score (nSPS) is 11.0. The second-order valence-electron chi connectivity index (χ2n) is 3.56. The van der Waals surface area contributed by atoms with Crippen molar-refractivity contribution in [3.8, 4) is 0 Å². The third-order valence-corrected chi connectivity index (χ3v) is 4.03. The van der Waals surface area contributed by atoms with Crippen molar-refractivity contribution in [1.82, 2.24) is 8.94 Å². The summed E-state index contributed by atoms with van der Waals surface area (Å²) in [7, 11) is 0. The summed E-state index contributed by atoms with van der Waals surface area (Å²) in [5.74, 6) is 0. The highest BCUT2D eigenvalue weighted by atomic mass is 32.1. The van der Waals surface area contributed by atoms with Crippen LogP contribution in [0, 0.1) is 4.64 Å². The second-order valence-corrected chi connectivity index (χ2v) is 4.96. The summed E-state index contributed by atoms with van der Waals surface area (Å²) < 4.78 is 3.13. The Morgan fingerprint density at radius 3 is 3.07 bits per heavy atom. The molecular formula is C11H14N2S2. The number of nitrogens with zero attached hydrogens (tertiary/aromatic N) is 2. The number of pyridine rings is 1. The van der Waals surface area contributed by atoms with Gasteiger partial charge in [0.15, 0.2) is 0 Å². The fraction of sp³-hybridized carbons (Fsp3) is 0.455. The highest BCUT2D eigenvalue weighted by Crippen LogP contribution is 2.21. The van der Waals surface area contributed by atoms with Crippen LogP contribution in [0.3, 0.4) is 0 Å². The van der Waals surface area contributed by atoms with E-state index in [1.165, 1.54) is 19.3 Å². The van der Waals surface area contributed by atoms with Crippen molar-refractivity contribution in [2.75, 3.05) is 0 Å². The van der Waals surface area contributed by atoms with Crippen LogP contribution in [0.15, 0.2) is 18.3 Å². The smallest absolute Gasteiger partial charge is 0.142 e. The van der Waals surface area contributed by atoms with Crippen molar-refractivity contribution in [1.29, 1.82) is 0 Å². The molecule has 2 nitrogen and oxygen atoms in total. The van der Waals surface area contributed by atoms with Gasteiger partial charge in [0.1, 0.15) is 9.47 Å². The summed E-state index contributed by atoms with van der Waals surface area (Å²) in [6, 6.07) is 4.00. The molecular weight excluding hydrogens is 224 g/mol. The van der Waals surface area contributed by atoms with E-state index in [1.807, 2.05) is 12.3 Å². The molecule has 15 heavy (non-hydrogen) atoms. The molecule has 0 unspecified atom stereocenters.